The number of epoxide rings is 1. The van der Waals surface area contributed by atoms with Crippen molar-refractivity contribution in [2.75, 3.05) is 6.61 Å². The molecule has 1 aromatic heterocycles. The molecule has 0 aliphatic carbocycles. The average molecular weight is 510 g/mol. The van der Waals surface area contributed by atoms with E-state index in [-0.39, 0.29) is 42.0 Å². The van der Waals surface area contributed by atoms with Gasteiger partial charge >= 0.3 is 5.97 Å². The van der Waals surface area contributed by atoms with Crippen LogP contribution in [0.1, 0.15) is 71.5 Å². The highest BCUT2D eigenvalue weighted by atomic mass is 16.6. The summed E-state index contributed by atoms with van der Waals surface area (Å²) in [5.41, 5.74) is 0.324. The number of ether oxygens (including phenoxy) is 2. The molecular formula is C30H39NO6. The zero-order valence-corrected chi connectivity index (χ0v) is 22.3. The van der Waals surface area contributed by atoms with Gasteiger partial charge in [-0.05, 0) is 49.0 Å². The maximum Gasteiger partial charge on any atom is 0.309 e. The van der Waals surface area contributed by atoms with Crippen LogP contribution in [-0.4, -0.2) is 51.4 Å². The molecule has 2 fully saturated rings. The first-order valence-corrected chi connectivity index (χ1v) is 13.2. The van der Waals surface area contributed by atoms with Crippen LogP contribution in [0.25, 0.3) is 10.9 Å². The molecule has 4 rings (SSSR count). The predicted octanol–water partition coefficient (Wildman–Crippen LogP) is 4.70. The highest BCUT2D eigenvalue weighted by Crippen LogP contribution is 2.47. The Labute approximate surface area is 218 Å². The molecule has 37 heavy (non-hydrogen) atoms. The summed E-state index contributed by atoms with van der Waals surface area (Å²) in [5.74, 6) is -1.31. The number of ketones is 1. The molecule has 1 aromatic carbocycles. The van der Waals surface area contributed by atoms with Crippen molar-refractivity contribution >= 4 is 22.7 Å². The molecule has 5 unspecified atom stereocenters. The van der Waals surface area contributed by atoms with E-state index in [1.165, 1.54) is 0 Å². The summed E-state index contributed by atoms with van der Waals surface area (Å²) in [7, 11) is 0. The van der Waals surface area contributed by atoms with Gasteiger partial charge in [0.15, 0.2) is 5.78 Å². The van der Waals surface area contributed by atoms with Crippen molar-refractivity contribution in [1.82, 2.24) is 4.98 Å². The van der Waals surface area contributed by atoms with Crippen molar-refractivity contribution in [1.29, 1.82) is 0 Å². The lowest BCUT2D eigenvalue weighted by atomic mass is 9.72. The van der Waals surface area contributed by atoms with Crippen molar-refractivity contribution in [3.63, 3.8) is 0 Å². The summed E-state index contributed by atoms with van der Waals surface area (Å²) in [6, 6.07) is 9.67. The number of cyclic esters (lactones) is 1. The minimum atomic E-state index is -1.27. The highest BCUT2D eigenvalue weighted by Gasteiger charge is 2.53. The van der Waals surface area contributed by atoms with E-state index < -0.39 is 29.5 Å². The number of esters is 1. The molecule has 0 amide bonds. The normalized spacial score (nSPS) is 33.6. The first-order chi connectivity index (χ1) is 17.5. The molecule has 0 spiro atoms. The van der Waals surface area contributed by atoms with Crippen LogP contribution in [0.5, 0.6) is 0 Å². The second-order valence-corrected chi connectivity index (χ2v) is 11.5. The summed E-state index contributed by atoms with van der Waals surface area (Å²) in [6.45, 7) is 11.1. The minimum absolute atomic E-state index is 0.0333. The Hall–Kier alpha value is -2.61. The Bertz CT molecular complexity index is 1180. The average Bonchev–Trinajstić information content (AvgIpc) is 3.50. The van der Waals surface area contributed by atoms with Gasteiger partial charge < -0.3 is 19.7 Å². The van der Waals surface area contributed by atoms with Crippen LogP contribution >= 0.6 is 0 Å². The number of aromatic nitrogens is 1. The van der Waals surface area contributed by atoms with Crippen molar-refractivity contribution < 1.29 is 29.3 Å². The summed E-state index contributed by atoms with van der Waals surface area (Å²) < 4.78 is 12.0. The first-order valence-electron chi connectivity index (χ1n) is 13.2. The molecule has 7 heteroatoms. The molecule has 7 nitrogen and oxygen atoms in total. The maximum absolute atomic E-state index is 13.4. The number of pyridine rings is 1. The third-order valence-electron chi connectivity index (χ3n) is 8.47. The Morgan fingerprint density at radius 2 is 1.95 bits per heavy atom. The van der Waals surface area contributed by atoms with E-state index in [0.717, 1.165) is 35.7 Å². The molecule has 0 saturated carbocycles. The number of rotatable bonds is 2. The van der Waals surface area contributed by atoms with Crippen LogP contribution in [-0.2, 0) is 19.1 Å². The van der Waals surface area contributed by atoms with Crippen molar-refractivity contribution in [2.45, 2.75) is 83.7 Å². The number of benzene rings is 1. The Morgan fingerprint density at radius 1 is 1.19 bits per heavy atom. The van der Waals surface area contributed by atoms with Crippen LogP contribution in [0.15, 0.2) is 48.7 Å². The zero-order chi connectivity index (χ0) is 27.0. The van der Waals surface area contributed by atoms with Gasteiger partial charge in [0.25, 0.3) is 0 Å². The van der Waals surface area contributed by atoms with Crippen LogP contribution in [0.2, 0.25) is 0 Å². The summed E-state index contributed by atoms with van der Waals surface area (Å²) >= 11 is 0. The van der Waals surface area contributed by atoms with Crippen LogP contribution in [0, 0.1) is 17.3 Å². The number of carbonyl (C=O) groups excluding carboxylic acids is 2. The summed E-state index contributed by atoms with van der Waals surface area (Å²) in [6.07, 6.45) is 2.46. The van der Waals surface area contributed by atoms with E-state index in [1.807, 2.05) is 37.3 Å². The van der Waals surface area contributed by atoms with Gasteiger partial charge in [0.2, 0.25) is 0 Å². The number of fused-ring (bicyclic) bond motifs is 2. The van der Waals surface area contributed by atoms with Crippen molar-refractivity contribution in [2.24, 2.45) is 17.3 Å². The number of carbonyl (C=O) groups is 2. The van der Waals surface area contributed by atoms with Gasteiger partial charge in [-0.25, -0.2) is 0 Å². The van der Waals surface area contributed by atoms with E-state index in [1.54, 1.807) is 20.0 Å². The largest absolute Gasteiger partial charge is 0.457 e. The number of aliphatic hydroxyl groups excluding tert-OH is 2. The van der Waals surface area contributed by atoms with Crippen molar-refractivity contribution in [3.8, 4) is 0 Å². The van der Waals surface area contributed by atoms with E-state index in [4.69, 9.17) is 9.47 Å². The lowest BCUT2D eigenvalue weighted by Crippen LogP contribution is -2.41. The van der Waals surface area contributed by atoms with E-state index in [9.17, 15) is 19.8 Å². The number of Topliss-reactive ketones (excluding diaryl/α,β-unsaturated/α-hetero) is 1. The van der Waals surface area contributed by atoms with E-state index in [2.05, 4.69) is 18.5 Å². The lowest BCUT2D eigenvalue weighted by Gasteiger charge is -2.33. The smallest absolute Gasteiger partial charge is 0.309 e. The number of hydrogen-bond acceptors (Lipinski definition) is 7. The number of nitrogens with zero attached hydrogens (tertiary/aromatic N) is 1. The zero-order valence-electron chi connectivity index (χ0n) is 22.3. The standard InChI is InChI=1S/C30H39NO6/c1-18-8-6-12-30(5)26(37-30)15-24(21-11-10-20-9-7-13-31-23(20)14-21)36-27(34)16-25(33)29(3,4)28(35)19(2)22(18)17-32/h7,9-11,13-14,18,22,24-26,32-33H,2,6,8,12,15-17H2,1,3-5H3/t18-,22?,24?,25?,26?,30?/m0/s1. The van der Waals surface area contributed by atoms with Crippen LogP contribution < -0.4 is 0 Å². The molecule has 0 radical (unpaired) electrons. The second kappa shape index (κ2) is 10.6. The summed E-state index contributed by atoms with van der Waals surface area (Å²) in [4.78, 5) is 30.9. The van der Waals surface area contributed by atoms with Gasteiger partial charge in [-0.2, -0.15) is 0 Å². The van der Waals surface area contributed by atoms with Crippen LogP contribution in [0.3, 0.4) is 0 Å². The van der Waals surface area contributed by atoms with Crippen molar-refractivity contribution in [3.05, 3.63) is 54.2 Å². The molecule has 0 bridgehead atoms. The van der Waals surface area contributed by atoms with Gasteiger partial charge in [-0.3, -0.25) is 14.6 Å². The molecule has 3 heterocycles. The molecule has 2 N–H and O–H groups in total. The fourth-order valence-electron chi connectivity index (χ4n) is 5.50. The monoisotopic (exact) mass is 509 g/mol. The molecule has 2 aromatic rings. The lowest BCUT2D eigenvalue weighted by molar-refractivity contribution is -0.155. The van der Waals surface area contributed by atoms with E-state index >= 15 is 0 Å². The summed E-state index contributed by atoms with van der Waals surface area (Å²) in [5, 5.41) is 22.0. The Kier molecular flexibility index (Phi) is 7.88. The van der Waals surface area contributed by atoms with Gasteiger partial charge in [-0.15, -0.1) is 0 Å². The number of aliphatic hydroxyl groups is 2. The molecular weight excluding hydrogens is 470 g/mol. The second-order valence-electron chi connectivity index (χ2n) is 11.5. The highest BCUT2D eigenvalue weighted by molar-refractivity contribution is 6.00. The SMILES string of the molecule is C=C1C(=O)C(C)(C)C(O)CC(=O)OC(c2ccc3cccnc3c2)CC2OC2(C)CCC[C@H](C)C1CO. The fourth-order valence-corrected chi connectivity index (χ4v) is 5.50. The van der Waals surface area contributed by atoms with Gasteiger partial charge in [0.1, 0.15) is 6.10 Å². The third kappa shape index (κ3) is 5.79. The maximum atomic E-state index is 13.4. The van der Waals surface area contributed by atoms with Gasteiger partial charge in [0, 0.05) is 23.9 Å². The Balaban J connectivity index is 1.63. The molecule has 2 saturated heterocycles. The molecule has 2 aliphatic rings. The third-order valence-corrected chi connectivity index (χ3v) is 8.47. The first kappa shape index (κ1) is 27.4. The topological polar surface area (TPSA) is 109 Å². The molecule has 2 aliphatic heterocycles. The van der Waals surface area contributed by atoms with Gasteiger partial charge in [-0.1, -0.05) is 52.0 Å². The Morgan fingerprint density at radius 3 is 2.68 bits per heavy atom. The minimum Gasteiger partial charge on any atom is -0.457 e. The molecule has 200 valence electrons. The van der Waals surface area contributed by atoms with E-state index in [0.29, 0.717) is 6.42 Å². The molecule has 6 atom stereocenters. The quantitative estimate of drug-likeness (QED) is 0.343. The number of hydrogen-bond donors (Lipinski definition) is 2. The fraction of sp³-hybridized carbons (Fsp3) is 0.567. The van der Waals surface area contributed by atoms with Crippen LogP contribution in [0.4, 0.5) is 0 Å². The predicted molar refractivity (Wildman–Crippen MR) is 141 cm³/mol. The van der Waals surface area contributed by atoms with Gasteiger partial charge in [0.05, 0.1) is 41.8 Å².